The molecule has 0 radical (unpaired) electrons. The fraction of sp³-hybridized carbons (Fsp3) is 0.143. The Kier molecular flexibility index (Phi) is 6.77. The van der Waals surface area contributed by atoms with Crippen LogP contribution in [0, 0.1) is 5.82 Å². The van der Waals surface area contributed by atoms with Crippen LogP contribution in [-0.2, 0) is 16.6 Å². The second-order valence-corrected chi connectivity index (χ2v) is 8.91. The van der Waals surface area contributed by atoms with E-state index in [9.17, 15) is 17.6 Å². The number of hydrogen-bond acceptors (Lipinski definition) is 5. The molecule has 0 bridgehead atoms. The van der Waals surface area contributed by atoms with Crippen LogP contribution in [0.5, 0.6) is 0 Å². The van der Waals surface area contributed by atoms with E-state index < -0.39 is 21.7 Å². The summed E-state index contributed by atoms with van der Waals surface area (Å²) in [5.74, 6) is -0.235. The number of pyridine rings is 1. The smallest absolute Gasteiger partial charge is 0.261 e. The van der Waals surface area contributed by atoms with Crippen molar-refractivity contribution in [2.75, 3.05) is 23.7 Å². The molecule has 1 amide bonds. The van der Waals surface area contributed by atoms with Gasteiger partial charge in [0.25, 0.3) is 15.9 Å². The van der Waals surface area contributed by atoms with Crippen LogP contribution in [0.15, 0.2) is 65.7 Å². The summed E-state index contributed by atoms with van der Waals surface area (Å²) in [6, 6.07) is 12.2. The number of anilines is 2. The first-order valence-electron chi connectivity index (χ1n) is 9.15. The van der Waals surface area contributed by atoms with Gasteiger partial charge in [-0.05, 0) is 48.5 Å². The van der Waals surface area contributed by atoms with Gasteiger partial charge in [-0.2, -0.15) is 0 Å². The van der Waals surface area contributed by atoms with Crippen molar-refractivity contribution in [3.05, 3.63) is 82.8 Å². The summed E-state index contributed by atoms with van der Waals surface area (Å²) in [7, 11) is -0.305. The van der Waals surface area contributed by atoms with Crippen LogP contribution in [0.1, 0.15) is 15.9 Å². The van der Waals surface area contributed by atoms with E-state index >= 15 is 0 Å². The second-order valence-electron chi connectivity index (χ2n) is 6.82. The highest BCUT2D eigenvalue weighted by molar-refractivity contribution is 7.92. The molecule has 0 aliphatic rings. The Morgan fingerprint density at radius 2 is 1.84 bits per heavy atom. The van der Waals surface area contributed by atoms with E-state index in [-0.39, 0.29) is 27.7 Å². The fourth-order valence-electron chi connectivity index (χ4n) is 2.81. The van der Waals surface area contributed by atoms with Gasteiger partial charge in [-0.25, -0.2) is 17.8 Å². The molecular formula is C21H20ClFN4O3S. The lowest BCUT2D eigenvalue weighted by Crippen LogP contribution is -2.25. The lowest BCUT2D eigenvalue weighted by Gasteiger charge is -2.16. The Morgan fingerprint density at radius 1 is 1.13 bits per heavy atom. The molecule has 2 aromatic carbocycles. The van der Waals surface area contributed by atoms with Crippen molar-refractivity contribution in [2.45, 2.75) is 11.4 Å². The Balaban J connectivity index is 1.77. The van der Waals surface area contributed by atoms with Gasteiger partial charge in [0.2, 0.25) is 0 Å². The molecule has 0 aliphatic carbocycles. The van der Waals surface area contributed by atoms with E-state index in [1.54, 1.807) is 12.3 Å². The molecule has 0 spiro atoms. The van der Waals surface area contributed by atoms with Crippen LogP contribution in [-0.4, -0.2) is 33.4 Å². The van der Waals surface area contributed by atoms with Crippen molar-refractivity contribution in [3.8, 4) is 0 Å². The minimum atomic E-state index is -4.01. The number of nitrogens with zero attached hydrogens (tertiary/aromatic N) is 2. The first-order valence-corrected chi connectivity index (χ1v) is 11.0. The molecule has 0 atom stereocenters. The minimum absolute atomic E-state index is 0.0361. The van der Waals surface area contributed by atoms with Crippen molar-refractivity contribution in [1.29, 1.82) is 0 Å². The van der Waals surface area contributed by atoms with Gasteiger partial charge in [0.15, 0.2) is 0 Å². The minimum Gasteiger partial charge on any atom is -0.362 e. The van der Waals surface area contributed by atoms with Gasteiger partial charge >= 0.3 is 0 Å². The maximum Gasteiger partial charge on any atom is 0.261 e. The van der Waals surface area contributed by atoms with E-state index in [1.807, 2.05) is 25.1 Å². The molecule has 10 heteroatoms. The average molecular weight is 463 g/mol. The van der Waals surface area contributed by atoms with E-state index in [1.165, 1.54) is 18.2 Å². The van der Waals surface area contributed by atoms with Crippen molar-refractivity contribution in [2.24, 2.45) is 0 Å². The summed E-state index contributed by atoms with van der Waals surface area (Å²) >= 11 is 6.12. The predicted octanol–water partition coefficient (Wildman–Crippen LogP) is 3.67. The number of carbonyl (C=O) groups excluding carboxylic acids is 1. The van der Waals surface area contributed by atoms with Gasteiger partial charge in [0.05, 0.1) is 15.6 Å². The number of hydrogen-bond donors (Lipinski definition) is 2. The van der Waals surface area contributed by atoms with Crippen molar-refractivity contribution < 1.29 is 17.6 Å². The number of halogens is 2. The van der Waals surface area contributed by atoms with Crippen LogP contribution in [0.25, 0.3) is 0 Å². The summed E-state index contributed by atoms with van der Waals surface area (Å²) in [6.07, 6.45) is 1.67. The second kappa shape index (κ2) is 9.32. The van der Waals surface area contributed by atoms with Crippen LogP contribution in [0.3, 0.4) is 0 Å². The Hall–Kier alpha value is -3.17. The third-order valence-corrected chi connectivity index (χ3v) is 6.04. The maximum atomic E-state index is 13.1. The number of amides is 1. The quantitative estimate of drug-likeness (QED) is 0.559. The lowest BCUT2D eigenvalue weighted by molar-refractivity contribution is 0.0951. The highest BCUT2D eigenvalue weighted by Crippen LogP contribution is 2.26. The first kappa shape index (κ1) is 22.5. The molecule has 3 rings (SSSR count). The summed E-state index contributed by atoms with van der Waals surface area (Å²) < 4.78 is 40.5. The van der Waals surface area contributed by atoms with Crippen molar-refractivity contribution in [3.63, 3.8) is 0 Å². The zero-order chi connectivity index (χ0) is 22.6. The first-order chi connectivity index (χ1) is 14.7. The fourth-order valence-corrected chi connectivity index (χ4v) is 4.10. The molecule has 0 saturated heterocycles. The number of rotatable bonds is 7. The average Bonchev–Trinajstić information content (AvgIpc) is 2.74. The molecule has 2 N–H and O–H groups in total. The molecule has 3 aromatic rings. The SMILES string of the molecule is CN(C)c1ncccc1CNC(=O)c1ccc(Cl)c(NS(=O)(=O)c2ccc(F)cc2)c1. The van der Waals surface area contributed by atoms with Gasteiger partial charge in [-0.3, -0.25) is 9.52 Å². The predicted molar refractivity (Wildman–Crippen MR) is 118 cm³/mol. The molecule has 1 aromatic heterocycles. The largest absolute Gasteiger partial charge is 0.362 e. The third-order valence-electron chi connectivity index (χ3n) is 4.33. The van der Waals surface area contributed by atoms with Crippen LogP contribution in [0.4, 0.5) is 15.9 Å². The molecule has 162 valence electrons. The van der Waals surface area contributed by atoms with E-state index in [2.05, 4.69) is 15.0 Å². The molecule has 0 aliphatic heterocycles. The summed E-state index contributed by atoms with van der Waals surface area (Å²) in [6.45, 7) is 0.236. The van der Waals surface area contributed by atoms with Gasteiger partial charge in [0.1, 0.15) is 11.6 Å². The van der Waals surface area contributed by atoms with Crippen LogP contribution in [0.2, 0.25) is 5.02 Å². The normalized spacial score (nSPS) is 11.1. The number of benzene rings is 2. The van der Waals surface area contributed by atoms with E-state index in [0.717, 1.165) is 35.6 Å². The summed E-state index contributed by atoms with van der Waals surface area (Å²) in [5, 5.41) is 2.91. The zero-order valence-corrected chi connectivity index (χ0v) is 18.3. The van der Waals surface area contributed by atoms with Gasteiger partial charge in [-0.1, -0.05) is 17.7 Å². The summed E-state index contributed by atoms with van der Waals surface area (Å²) in [4.78, 5) is 18.6. The highest BCUT2D eigenvalue weighted by Gasteiger charge is 2.18. The third kappa shape index (κ3) is 5.50. The lowest BCUT2D eigenvalue weighted by atomic mass is 10.2. The standard InChI is InChI=1S/C21H20ClFN4O3S/c1-27(2)20-15(4-3-11-24-20)13-25-21(28)14-5-10-18(22)19(12-14)26-31(29,30)17-8-6-16(23)7-9-17/h3-12,26H,13H2,1-2H3,(H,25,28). The van der Waals surface area contributed by atoms with E-state index in [0.29, 0.717) is 0 Å². The van der Waals surface area contributed by atoms with Crippen molar-refractivity contribution in [1.82, 2.24) is 10.3 Å². The van der Waals surface area contributed by atoms with Crippen molar-refractivity contribution >= 4 is 39.0 Å². The van der Waals surface area contributed by atoms with Crippen LogP contribution >= 0.6 is 11.6 Å². The van der Waals surface area contributed by atoms with E-state index in [4.69, 9.17) is 11.6 Å². The number of aromatic nitrogens is 1. The maximum absolute atomic E-state index is 13.1. The molecule has 0 fully saturated rings. The molecule has 1 heterocycles. The Bertz CT molecular complexity index is 1200. The monoisotopic (exact) mass is 462 g/mol. The van der Waals surface area contributed by atoms with Gasteiger partial charge in [0, 0.05) is 38.0 Å². The molecule has 0 saturated carbocycles. The molecule has 7 nitrogen and oxygen atoms in total. The highest BCUT2D eigenvalue weighted by atomic mass is 35.5. The Morgan fingerprint density at radius 3 is 2.52 bits per heavy atom. The molecular weight excluding hydrogens is 443 g/mol. The molecule has 0 unspecified atom stereocenters. The van der Waals surface area contributed by atoms with Crippen LogP contribution < -0.4 is 14.9 Å². The topological polar surface area (TPSA) is 91.4 Å². The number of carbonyl (C=O) groups is 1. The molecule has 31 heavy (non-hydrogen) atoms. The van der Waals surface area contributed by atoms with Gasteiger partial charge < -0.3 is 10.2 Å². The number of sulfonamides is 1. The zero-order valence-electron chi connectivity index (χ0n) is 16.8. The summed E-state index contributed by atoms with van der Waals surface area (Å²) in [5.41, 5.74) is 1.08. The Labute approximate surface area is 184 Å². The number of nitrogens with one attached hydrogen (secondary N) is 2. The van der Waals surface area contributed by atoms with Gasteiger partial charge in [-0.15, -0.1) is 0 Å².